The molecule has 134 valence electrons. The van der Waals surface area contributed by atoms with Crippen LogP contribution in [-0.4, -0.2) is 56.6 Å². The van der Waals surface area contributed by atoms with Crippen LogP contribution in [0.15, 0.2) is 0 Å². The molecular weight excluding hydrogens is 306 g/mol. The summed E-state index contributed by atoms with van der Waals surface area (Å²) >= 11 is 0. The molecule has 0 spiro atoms. The predicted octanol–water partition coefficient (Wildman–Crippen LogP) is 2.43. The highest BCUT2D eigenvalue weighted by Crippen LogP contribution is 2.32. The second-order valence-electron chi connectivity index (χ2n) is 8.22. The highest BCUT2D eigenvalue weighted by atomic mass is 16.6. The van der Waals surface area contributed by atoms with Crippen LogP contribution in [0.3, 0.4) is 0 Å². The Balaban J connectivity index is 1.79. The summed E-state index contributed by atoms with van der Waals surface area (Å²) in [4.78, 5) is 14.5. The van der Waals surface area contributed by atoms with E-state index in [2.05, 4.69) is 33.7 Å². The van der Waals surface area contributed by atoms with Crippen molar-refractivity contribution < 1.29 is 9.53 Å². The highest BCUT2D eigenvalue weighted by Gasteiger charge is 2.45. The molecule has 2 saturated heterocycles. The quantitative estimate of drug-likeness (QED) is 0.830. The molecule has 1 aromatic rings. The summed E-state index contributed by atoms with van der Waals surface area (Å²) in [6, 6.07) is 0.390. The molecule has 2 aliphatic rings. The number of aromatic nitrogens is 3. The SMILES string of the molecule is Cc1nnc(C(C)C)n1N1CC2CCC(C1)N2C(=O)OC(C)(C)C. The molecule has 3 rings (SSSR count). The molecule has 2 fully saturated rings. The maximum atomic E-state index is 12.6. The van der Waals surface area contributed by atoms with Crippen LogP contribution in [0, 0.1) is 6.92 Å². The third-order valence-corrected chi connectivity index (χ3v) is 4.69. The van der Waals surface area contributed by atoms with Crippen LogP contribution in [0.5, 0.6) is 0 Å². The third kappa shape index (κ3) is 3.08. The van der Waals surface area contributed by atoms with Crippen molar-refractivity contribution in [2.45, 2.75) is 78.0 Å². The van der Waals surface area contributed by atoms with Crippen molar-refractivity contribution >= 4 is 6.09 Å². The van der Waals surface area contributed by atoms with Crippen molar-refractivity contribution in [2.75, 3.05) is 18.1 Å². The van der Waals surface area contributed by atoms with Gasteiger partial charge in [0.15, 0.2) is 5.82 Å². The zero-order valence-electron chi connectivity index (χ0n) is 15.6. The number of piperazine rings is 1. The van der Waals surface area contributed by atoms with Gasteiger partial charge in [-0.05, 0) is 40.5 Å². The first-order valence-electron chi connectivity index (χ1n) is 8.86. The van der Waals surface area contributed by atoms with E-state index in [0.29, 0.717) is 5.92 Å². The number of ether oxygens (including phenoxy) is 1. The molecule has 1 aromatic heterocycles. The lowest BCUT2D eigenvalue weighted by Crippen LogP contribution is -2.60. The zero-order valence-corrected chi connectivity index (χ0v) is 15.6. The first-order valence-corrected chi connectivity index (χ1v) is 8.86. The molecule has 7 nitrogen and oxygen atoms in total. The van der Waals surface area contributed by atoms with Gasteiger partial charge in [0, 0.05) is 5.92 Å². The maximum absolute atomic E-state index is 12.6. The number of carbonyl (C=O) groups is 1. The second kappa shape index (κ2) is 5.93. The average Bonchev–Trinajstić information content (AvgIpc) is 2.95. The Morgan fingerprint density at radius 2 is 1.75 bits per heavy atom. The Morgan fingerprint density at radius 1 is 1.17 bits per heavy atom. The molecule has 0 aromatic carbocycles. The number of rotatable bonds is 2. The first-order chi connectivity index (χ1) is 11.2. The van der Waals surface area contributed by atoms with Gasteiger partial charge in [-0.15, -0.1) is 10.2 Å². The van der Waals surface area contributed by atoms with Gasteiger partial charge in [-0.25, -0.2) is 9.47 Å². The summed E-state index contributed by atoms with van der Waals surface area (Å²) in [6.45, 7) is 13.6. The van der Waals surface area contributed by atoms with E-state index >= 15 is 0 Å². The maximum Gasteiger partial charge on any atom is 0.410 e. The summed E-state index contributed by atoms with van der Waals surface area (Å²) in [6.07, 6.45) is 1.87. The van der Waals surface area contributed by atoms with Gasteiger partial charge < -0.3 is 9.75 Å². The summed E-state index contributed by atoms with van der Waals surface area (Å²) in [5.41, 5.74) is -0.455. The van der Waals surface area contributed by atoms with E-state index in [4.69, 9.17) is 4.74 Å². The van der Waals surface area contributed by atoms with Crippen LogP contribution in [0.25, 0.3) is 0 Å². The molecule has 1 amide bonds. The minimum absolute atomic E-state index is 0.181. The Labute approximate surface area is 143 Å². The van der Waals surface area contributed by atoms with Crippen LogP contribution in [0.2, 0.25) is 0 Å². The lowest BCUT2D eigenvalue weighted by atomic mass is 10.2. The van der Waals surface area contributed by atoms with Gasteiger partial charge in [-0.3, -0.25) is 4.90 Å². The molecule has 3 heterocycles. The Hall–Kier alpha value is -1.79. The summed E-state index contributed by atoms with van der Waals surface area (Å²) in [7, 11) is 0. The fraction of sp³-hybridized carbons (Fsp3) is 0.824. The number of hydrogen-bond acceptors (Lipinski definition) is 5. The molecular formula is C17H29N5O2. The van der Waals surface area contributed by atoms with Gasteiger partial charge in [0.05, 0.1) is 25.2 Å². The zero-order chi connectivity index (χ0) is 17.6. The molecule has 24 heavy (non-hydrogen) atoms. The van der Waals surface area contributed by atoms with E-state index in [1.807, 2.05) is 32.6 Å². The normalized spacial score (nSPS) is 24.0. The molecule has 2 aliphatic heterocycles. The first kappa shape index (κ1) is 17.0. The lowest BCUT2D eigenvalue weighted by Gasteiger charge is -2.43. The predicted molar refractivity (Wildman–Crippen MR) is 91.7 cm³/mol. The monoisotopic (exact) mass is 335 g/mol. The Morgan fingerprint density at radius 3 is 2.25 bits per heavy atom. The molecule has 0 N–H and O–H groups in total. The van der Waals surface area contributed by atoms with E-state index in [-0.39, 0.29) is 18.2 Å². The van der Waals surface area contributed by atoms with E-state index in [0.717, 1.165) is 37.6 Å². The van der Waals surface area contributed by atoms with Gasteiger partial charge >= 0.3 is 6.09 Å². The van der Waals surface area contributed by atoms with Crippen molar-refractivity contribution in [3.05, 3.63) is 11.6 Å². The van der Waals surface area contributed by atoms with E-state index < -0.39 is 5.60 Å². The summed E-state index contributed by atoms with van der Waals surface area (Å²) < 4.78 is 7.75. The molecule has 0 radical (unpaired) electrons. The molecule has 7 heteroatoms. The van der Waals surface area contributed by atoms with Crippen LogP contribution in [0.1, 0.15) is 65.0 Å². The summed E-state index contributed by atoms with van der Waals surface area (Å²) in [5, 5.41) is 10.9. The molecule has 0 saturated carbocycles. The minimum Gasteiger partial charge on any atom is -0.444 e. The van der Waals surface area contributed by atoms with E-state index in [1.165, 1.54) is 0 Å². The van der Waals surface area contributed by atoms with Crippen LogP contribution in [0.4, 0.5) is 4.79 Å². The van der Waals surface area contributed by atoms with E-state index in [1.54, 1.807) is 0 Å². The largest absolute Gasteiger partial charge is 0.444 e. The molecule has 0 aliphatic carbocycles. The van der Waals surface area contributed by atoms with Crippen molar-refractivity contribution in [3.8, 4) is 0 Å². The standard InChI is InChI=1S/C17H29N5O2/c1-11(2)15-19-18-12(3)22(15)20-9-13-7-8-14(10-20)21(13)16(23)24-17(4,5)6/h11,13-14H,7-10H2,1-6H3. The van der Waals surface area contributed by atoms with Crippen molar-refractivity contribution in [2.24, 2.45) is 0 Å². The van der Waals surface area contributed by atoms with Crippen molar-refractivity contribution in [1.29, 1.82) is 0 Å². The van der Waals surface area contributed by atoms with Crippen LogP contribution < -0.4 is 5.01 Å². The smallest absolute Gasteiger partial charge is 0.410 e. The summed E-state index contributed by atoms with van der Waals surface area (Å²) in [5.74, 6) is 2.20. The number of carbonyl (C=O) groups excluding carboxylic acids is 1. The highest BCUT2D eigenvalue weighted by molar-refractivity contribution is 5.70. The van der Waals surface area contributed by atoms with Gasteiger partial charge in [0.1, 0.15) is 11.4 Å². The Kier molecular flexibility index (Phi) is 4.21. The van der Waals surface area contributed by atoms with E-state index in [9.17, 15) is 4.79 Å². The topological polar surface area (TPSA) is 63.5 Å². The molecule has 2 bridgehead atoms. The average molecular weight is 335 g/mol. The van der Waals surface area contributed by atoms with Gasteiger partial charge in [0.25, 0.3) is 0 Å². The number of amides is 1. The number of nitrogens with zero attached hydrogens (tertiary/aromatic N) is 5. The van der Waals surface area contributed by atoms with Crippen molar-refractivity contribution in [3.63, 3.8) is 0 Å². The fourth-order valence-electron chi connectivity index (χ4n) is 3.74. The van der Waals surface area contributed by atoms with Gasteiger partial charge in [-0.1, -0.05) is 13.8 Å². The number of aryl methyl sites for hydroxylation is 1. The number of fused-ring (bicyclic) bond motifs is 2. The van der Waals surface area contributed by atoms with Crippen LogP contribution >= 0.6 is 0 Å². The molecule has 2 unspecified atom stereocenters. The fourth-order valence-corrected chi connectivity index (χ4v) is 3.74. The second-order valence-corrected chi connectivity index (χ2v) is 8.22. The van der Waals surface area contributed by atoms with Gasteiger partial charge in [-0.2, -0.15) is 0 Å². The van der Waals surface area contributed by atoms with Gasteiger partial charge in [0.2, 0.25) is 0 Å². The third-order valence-electron chi connectivity index (χ3n) is 4.69. The molecule has 2 atom stereocenters. The number of hydrogen-bond donors (Lipinski definition) is 0. The Bertz CT molecular complexity index is 605. The van der Waals surface area contributed by atoms with Crippen LogP contribution in [-0.2, 0) is 4.74 Å². The van der Waals surface area contributed by atoms with Crippen molar-refractivity contribution in [1.82, 2.24) is 19.8 Å². The minimum atomic E-state index is -0.455. The lowest BCUT2D eigenvalue weighted by molar-refractivity contribution is 0.0107.